The van der Waals surface area contributed by atoms with Crippen LogP contribution in [-0.4, -0.2) is 55.5 Å². The Labute approximate surface area is 230 Å². The van der Waals surface area contributed by atoms with E-state index < -0.39 is 5.97 Å². The summed E-state index contributed by atoms with van der Waals surface area (Å²) in [5.74, 6) is -1.09. The van der Waals surface area contributed by atoms with E-state index in [1.54, 1.807) is 11.9 Å². The molecule has 1 aliphatic rings. The number of hydrogen-bond acceptors (Lipinski definition) is 5. The Balaban J connectivity index is 1.70. The first-order valence-corrected chi connectivity index (χ1v) is 12.9. The van der Waals surface area contributed by atoms with Crippen molar-refractivity contribution in [2.24, 2.45) is 0 Å². The predicted molar refractivity (Wildman–Crippen MR) is 154 cm³/mol. The first-order valence-electron chi connectivity index (χ1n) is 12.1. The van der Waals surface area contributed by atoms with Gasteiger partial charge in [0, 0.05) is 34.9 Å². The molecule has 4 rings (SSSR count). The Kier molecular flexibility index (Phi) is 8.29. The molecule has 2 amide bonds. The van der Waals surface area contributed by atoms with Crippen molar-refractivity contribution in [2.75, 3.05) is 43.2 Å². The number of nitrogens with one attached hydrogen (secondary N) is 2. The molecule has 8 nitrogen and oxygen atoms in total. The zero-order valence-corrected chi connectivity index (χ0v) is 23.0. The van der Waals surface area contributed by atoms with E-state index in [2.05, 4.69) is 26.6 Å². The fourth-order valence-corrected chi connectivity index (χ4v) is 4.56. The summed E-state index contributed by atoms with van der Waals surface area (Å²) in [6, 6.07) is 20.6. The number of carbonyl (C=O) groups is 3. The number of amides is 2. The number of aliphatic carboxylic acids is 1. The van der Waals surface area contributed by atoms with Gasteiger partial charge in [0.05, 0.1) is 23.5 Å². The van der Waals surface area contributed by atoms with Crippen molar-refractivity contribution in [3.05, 3.63) is 87.9 Å². The second-order valence-corrected chi connectivity index (χ2v) is 10.3. The minimum atomic E-state index is -0.846. The number of nitrogens with zero attached hydrogens (tertiary/aromatic N) is 2. The van der Waals surface area contributed by atoms with Crippen LogP contribution < -0.4 is 15.5 Å². The minimum Gasteiger partial charge on any atom is -0.481 e. The van der Waals surface area contributed by atoms with Gasteiger partial charge in [-0.2, -0.15) is 0 Å². The van der Waals surface area contributed by atoms with Crippen LogP contribution in [0, 0.1) is 0 Å². The second kappa shape index (κ2) is 11.6. The fourth-order valence-electron chi connectivity index (χ4n) is 4.19. The maximum atomic E-state index is 13.2. The molecule has 9 heteroatoms. The van der Waals surface area contributed by atoms with E-state index in [-0.39, 0.29) is 18.2 Å². The maximum absolute atomic E-state index is 13.2. The van der Waals surface area contributed by atoms with Gasteiger partial charge in [-0.1, -0.05) is 46.3 Å². The Hall–Kier alpha value is -3.95. The first kappa shape index (κ1) is 27.1. The van der Waals surface area contributed by atoms with Crippen LogP contribution in [0.5, 0.6) is 0 Å². The Morgan fingerprint density at radius 3 is 2.29 bits per heavy atom. The van der Waals surface area contributed by atoms with Gasteiger partial charge in [0.25, 0.3) is 5.91 Å². The molecule has 0 fully saturated rings. The van der Waals surface area contributed by atoms with Crippen LogP contribution in [0.3, 0.4) is 0 Å². The van der Waals surface area contributed by atoms with Gasteiger partial charge in [-0.15, -0.1) is 0 Å². The van der Waals surface area contributed by atoms with E-state index in [9.17, 15) is 14.4 Å². The van der Waals surface area contributed by atoms with Crippen molar-refractivity contribution in [3.8, 4) is 0 Å². The fraction of sp³-hybridized carbons (Fsp3) is 0.207. The van der Waals surface area contributed by atoms with Gasteiger partial charge in [-0.05, 0) is 68.0 Å². The van der Waals surface area contributed by atoms with Gasteiger partial charge in [0.2, 0.25) is 5.91 Å². The summed E-state index contributed by atoms with van der Waals surface area (Å²) < 4.78 is 0.860. The number of likely N-dealkylation sites (N-methyl/N-ethyl adjacent to an activating group) is 2. The van der Waals surface area contributed by atoms with Gasteiger partial charge < -0.3 is 25.5 Å². The molecule has 196 valence electrons. The summed E-state index contributed by atoms with van der Waals surface area (Å²) in [5.41, 5.74) is 5.81. The van der Waals surface area contributed by atoms with Gasteiger partial charge in [-0.3, -0.25) is 14.4 Å². The topological polar surface area (TPSA) is 102 Å². The summed E-state index contributed by atoms with van der Waals surface area (Å²) in [5, 5.41) is 15.4. The largest absolute Gasteiger partial charge is 0.481 e. The molecular formula is C29H29BrN4O4. The van der Waals surface area contributed by atoms with E-state index in [4.69, 9.17) is 5.11 Å². The number of anilines is 3. The van der Waals surface area contributed by atoms with Gasteiger partial charge >= 0.3 is 5.97 Å². The van der Waals surface area contributed by atoms with Crippen LogP contribution >= 0.6 is 15.9 Å². The standard InChI is InChI=1S/C29H29BrN4O4/c1-33(2)17-25(35)34(3)22-12-10-21(11-13-22)31-28(19-7-4-18(5-8-19)6-15-26(36)37)27-23-14-9-20(30)16-24(23)32-29(27)38/h4-5,7-14,16,31H,6,15,17H2,1-3H3,(H,32,38)(H,36,37)/b28-27-. The molecular weight excluding hydrogens is 548 g/mol. The molecule has 1 heterocycles. The van der Waals surface area contributed by atoms with E-state index in [1.165, 1.54) is 0 Å². The highest BCUT2D eigenvalue weighted by atomic mass is 79.9. The number of halogens is 1. The number of carboxylic acid groups (broad SMARTS) is 1. The van der Waals surface area contributed by atoms with Crippen LogP contribution in [0.4, 0.5) is 17.1 Å². The average Bonchev–Trinajstić information content (AvgIpc) is 3.20. The van der Waals surface area contributed by atoms with Crippen LogP contribution in [-0.2, 0) is 20.8 Å². The van der Waals surface area contributed by atoms with E-state index in [0.29, 0.717) is 29.9 Å². The monoisotopic (exact) mass is 576 g/mol. The van der Waals surface area contributed by atoms with Crippen molar-refractivity contribution in [3.63, 3.8) is 0 Å². The Bertz CT molecular complexity index is 1400. The highest BCUT2D eigenvalue weighted by Gasteiger charge is 2.28. The van der Waals surface area contributed by atoms with E-state index >= 15 is 0 Å². The molecule has 3 aromatic rings. The van der Waals surface area contributed by atoms with Crippen molar-refractivity contribution < 1.29 is 19.5 Å². The maximum Gasteiger partial charge on any atom is 0.303 e. The zero-order valence-electron chi connectivity index (χ0n) is 21.4. The van der Waals surface area contributed by atoms with Crippen molar-refractivity contribution >= 4 is 62.0 Å². The number of fused-ring (bicyclic) bond motifs is 1. The average molecular weight is 577 g/mol. The molecule has 38 heavy (non-hydrogen) atoms. The molecule has 0 saturated heterocycles. The highest BCUT2D eigenvalue weighted by Crippen LogP contribution is 2.39. The third-order valence-electron chi connectivity index (χ3n) is 6.20. The molecule has 3 N–H and O–H groups in total. The van der Waals surface area contributed by atoms with Gasteiger partial charge in [0.1, 0.15) is 0 Å². The molecule has 0 spiro atoms. The molecule has 3 aromatic carbocycles. The number of carboxylic acids is 1. The number of rotatable bonds is 9. The van der Waals surface area contributed by atoms with Crippen LogP contribution in [0.15, 0.2) is 71.2 Å². The highest BCUT2D eigenvalue weighted by molar-refractivity contribution is 9.10. The molecule has 0 bridgehead atoms. The summed E-state index contributed by atoms with van der Waals surface area (Å²) in [6.07, 6.45) is 0.474. The molecule has 1 aliphatic heterocycles. The number of aryl methyl sites for hydroxylation is 1. The van der Waals surface area contributed by atoms with Crippen molar-refractivity contribution in [1.82, 2.24) is 4.90 Å². The minimum absolute atomic E-state index is 0.0214. The first-order chi connectivity index (χ1) is 18.1. The summed E-state index contributed by atoms with van der Waals surface area (Å²) in [7, 11) is 5.44. The van der Waals surface area contributed by atoms with E-state index in [0.717, 1.165) is 32.5 Å². The van der Waals surface area contributed by atoms with Gasteiger partial charge in [0.15, 0.2) is 0 Å². The SMILES string of the molecule is CN(C)CC(=O)N(C)c1ccc(N/C(=C2\C(=O)Nc3cc(Br)ccc32)c2ccc(CCC(=O)O)cc2)cc1. The van der Waals surface area contributed by atoms with Crippen LogP contribution in [0.1, 0.15) is 23.1 Å². The molecule has 0 saturated carbocycles. The van der Waals surface area contributed by atoms with Crippen molar-refractivity contribution in [2.45, 2.75) is 12.8 Å². The molecule has 0 aliphatic carbocycles. The molecule has 0 atom stereocenters. The number of hydrogen-bond donors (Lipinski definition) is 3. The smallest absolute Gasteiger partial charge is 0.303 e. The van der Waals surface area contributed by atoms with Crippen LogP contribution in [0.2, 0.25) is 0 Å². The third kappa shape index (κ3) is 6.30. The summed E-state index contributed by atoms with van der Waals surface area (Å²) in [6.45, 7) is 0.305. The summed E-state index contributed by atoms with van der Waals surface area (Å²) >= 11 is 3.46. The van der Waals surface area contributed by atoms with Crippen LogP contribution in [0.25, 0.3) is 11.3 Å². The number of benzene rings is 3. The third-order valence-corrected chi connectivity index (χ3v) is 6.69. The Morgan fingerprint density at radius 1 is 0.974 bits per heavy atom. The lowest BCUT2D eigenvalue weighted by Crippen LogP contribution is -2.34. The van der Waals surface area contributed by atoms with E-state index in [1.807, 2.05) is 85.7 Å². The normalized spacial score (nSPS) is 13.7. The lowest BCUT2D eigenvalue weighted by Gasteiger charge is -2.20. The second-order valence-electron chi connectivity index (χ2n) is 9.35. The predicted octanol–water partition coefficient (Wildman–Crippen LogP) is 4.92. The number of carbonyl (C=O) groups excluding carboxylic acids is 2. The molecule has 0 unspecified atom stereocenters. The molecule has 0 radical (unpaired) electrons. The van der Waals surface area contributed by atoms with Crippen molar-refractivity contribution in [1.29, 1.82) is 0 Å². The summed E-state index contributed by atoms with van der Waals surface area (Å²) in [4.78, 5) is 40.0. The zero-order chi connectivity index (χ0) is 27.4. The Morgan fingerprint density at radius 2 is 1.66 bits per heavy atom. The molecule has 0 aromatic heterocycles. The van der Waals surface area contributed by atoms with Gasteiger partial charge in [-0.25, -0.2) is 0 Å². The quantitative estimate of drug-likeness (QED) is 0.312. The lowest BCUT2D eigenvalue weighted by molar-refractivity contribution is -0.137. The lowest BCUT2D eigenvalue weighted by atomic mass is 9.98.